The molecule has 1 saturated carbocycles. The Morgan fingerprint density at radius 3 is 3.07 bits per heavy atom. The number of rotatable bonds is 2. The van der Waals surface area contributed by atoms with Gasteiger partial charge in [-0.2, -0.15) is 0 Å². The van der Waals surface area contributed by atoms with Crippen LogP contribution in [0.5, 0.6) is 0 Å². The van der Waals surface area contributed by atoms with E-state index in [1.54, 1.807) is 13.2 Å². The fraction of sp³-hybridized carbons (Fsp3) is 0.727. The quantitative estimate of drug-likeness (QED) is 0.571. The van der Waals surface area contributed by atoms with E-state index in [-0.39, 0.29) is 18.2 Å². The van der Waals surface area contributed by atoms with Gasteiger partial charge in [0.2, 0.25) is 0 Å². The first-order valence-corrected chi connectivity index (χ1v) is 6.36. The highest BCUT2D eigenvalue weighted by Crippen LogP contribution is 2.36. The monoisotopic (exact) mass is 274 g/mol. The second-order valence-electron chi connectivity index (χ2n) is 4.11. The number of ether oxygens (including phenoxy) is 2. The molecule has 1 aliphatic heterocycles. The maximum atomic E-state index is 11.3. The van der Waals surface area contributed by atoms with Crippen LogP contribution >= 0.6 is 15.9 Å². The number of alkyl halides is 1. The van der Waals surface area contributed by atoms with Crippen molar-refractivity contribution in [2.75, 3.05) is 12.4 Å². The van der Waals surface area contributed by atoms with Gasteiger partial charge in [0.05, 0.1) is 6.10 Å². The van der Waals surface area contributed by atoms with E-state index in [9.17, 15) is 4.79 Å². The van der Waals surface area contributed by atoms with Crippen molar-refractivity contribution in [2.45, 2.75) is 31.5 Å². The molecule has 0 aromatic carbocycles. The minimum atomic E-state index is -0.206. The Morgan fingerprint density at radius 1 is 1.60 bits per heavy atom. The molecular weight excluding hydrogens is 260 g/mol. The van der Waals surface area contributed by atoms with Crippen LogP contribution in [0.4, 0.5) is 0 Å². The molecule has 0 saturated heterocycles. The molecule has 0 radical (unpaired) electrons. The van der Waals surface area contributed by atoms with Gasteiger partial charge in [0.25, 0.3) is 0 Å². The molecule has 3 nitrogen and oxygen atoms in total. The highest BCUT2D eigenvalue weighted by molar-refractivity contribution is 9.09. The third-order valence-corrected chi connectivity index (χ3v) is 3.93. The molecule has 2 aliphatic rings. The maximum Gasteiger partial charge on any atom is 0.331 e. The van der Waals surface area contributed by atoms with Crippen molar-refractivity contribution in [3.05, 3.63) is 11.6 Å². The molecule has 15 heavy (non-hydrogen) atoms. The second-order valence-corrected chi connectivity index (χ2v) is 4.67. The molecule has 1 aliphatic carbocycles. The molecule has 0 spiro atoms. The summed E-state index contributed by atoms with van der Waals surface area (Å²) >= 11 is 3.43. The molecule has 3 unspecified atom stereocenters. The summed E-state index contributed by atoms with van der Waals surface area (Å²) in [4.78, 5) is 11.3. The molecule has 4 heteroatoms. The van der Waals surface area contributed by atoms with E-state index in [0.29, 0.717) is 5.92 Å². The Balaban J connectivity index is 2.12. The standard InChI is InChI=1S/C11H15BrO3/c1-14-8-2-3-9-7(6-12)4-11(13)15-10(9)5-8/h4,8-10H,2-3,5-6H2,1H3. The number of carbonyl (C=O) groups is 1. The average molecular weight is 275 g/mol. The molecule has 0 bridgehead atoms. The van der Waals surface area contributed by atoms with E-state index >= 15 is 0 Å². The molecule has 1 fully saturated rings. The lowest BCUT2D eigenvalue weighted by atomic mass is 9.79. The van der Waals surface area contributed by atoms with Crippen LogP contribution in [0.25, 0.3) is 0 Å². The van der Waals surface area contributed by atoms with Gasteiger partial charge >= 0.3 is 5.97 Å². The third kappa shape index (κ3) is 2.26. The molecule has 0 aromatic rings. The Morgan fingerprint density at radius 2 is 2.40 bits per heavy atom. The average Bonchev–Trinajstić information content (AvgIpc) is 2.26. The topological polar surface area (TPSA) is 35.5 Å². The summed E-state index contributed by atoms with van der Waals surface area (Å²) in [7, 11) is 1.72. The lowest BCUT2D eigenvalue weighted by Gasteiger charge is -2.38. The summed E-state index contributed by atoms with van der Waals surface area (Å²) in [6.45, 7) is 0. The molecular formula is C11H15BrO3. The summed E-state index contributed by atoms with van der Waals surface area (Å²) in [6.07, 6.45) is 4.83. The van der Waals surface area contributed by atoms with Crippen molar-refractivity contribution in [3.63, 3.8) is 0 Å². The number of hydrogen-bond acceptors (Lipinski definition) is 3. The van der Waals surface area contributed by atoms with Crippen molar-refractivity contribution < 1.29 is 14.3 Å². The van der Waals surface area contributed by atoms with Gasteiger partial charge in [-0.15, -0.1) is 0 Å². The van der Waals surface area contributed by atoms with Gasteiger partial charge in [0, 0.05) is 30.9 Å². The van der Waals surface area contributed by atoms with E-state index in [2.05, 4.69) is 15.9 Å². The second kappa shape index (κ2) is 4.66. The minimum Gasteiger partial charge on any atom is -0.458 e. The highest BCUT2D eigenvalue weighted by Gasteiger charge is 2.37. The largest absolute Gasteiger partial charge is 0.458 e. The number of carbonyl (C=O) groups excluding carboxylic acids is 1. The van der Waals surface area contributed by atoms with Crippen LogP contribution in [-0.2, 0) is 14.3 Å². The fourth-order valence-corrected chi connectivity index (χ4v) is 3.02. The van der Waals surface area contributed by atoms with Crippen LogP contribution < -0.4 is 0 Å². The van der Waals surface area contributed by atoms with Crippen LogP contribution in [0.3, 0.4) is 0 Å². The summed E-state index contributed by atoms with van der Waals surface area (Å²) < 4.78 is 10.7. The predicted molar refractivity (Wildman–Crippen MR) is 59.9 cm³/mol. The lowest BCUT2D eigenvalue weighted by Crippen LogP contribution is -2.40. The molecule has 0 N–H and O–H groups in total. The van der Waals surface area contributed by atoms with Crippen LogP contribution in [-0.4, -0.2) is 30.6 Å². The van der Waals surface area contributed by atoms with Crippen LogP contribution in [0.15, 0.2) is 11.6 Å². The van der Waals surface area contributed by atoms with E-state index in [0.717, 1.165) is 24.6 Å². The maximum absolute atomic E-state index is 11.3. The zero-order chi connectivity index (χ0) is 10.8. The Bertz CT molecular complexity index is 288. The fourth-order valence-electron chi connectivity index (χ4n) is 2.44. The zero-order valence-corrected chi connectivity index (χ0v) is 10.3. The number of esters is 1. The van der Waals surface area contributed by atoms with E-state index in [1.807, 2.05) is 0 Å². The first-order chi connectivity index (χ1) is 7.24. The van der Waals surface area contributed by atoms with Crippen molar-refractivity contribution in [3.8, 4) is 0 Å². The van der Waals surface area contributed by atoms with Gasteiger partial charge in [0.1, 0.15) is 6.10 Å². The number of hydrogen-bond donors (Lipinski definition) is 0. The smallest absolute Gasteiger partial charge is 0.331 e. The molecule has 2 rings (SSSR count). The minimum absolute atomic E-state index is 0.0220. The van der Waals surface area contributed by atoms with Crippen LogP contribution in [0.2, 0.25) is 0 Å². The van der Waals surface area contributed by atoms with Crippen molar-refractivity contribution >= 4 is 21.9 Å². The number of methoxy groups -OCH3 is 1. The van der Waals surface area contributed by atoms with Crippen molar-refractivity contribution in [2.24, 2.45) is 5.92 Å². The lowest BCUT2D eigenvalue weighted by molar-refractivity contribution is -0.151. The van der Waals surface area contributed by atoms with Gasteiger partial charge in [-0.1, -0.05) is 15.9 Å². The normalized spacial score (nSPS) is 35.5. The SMILES string of the molecule is COC1CCC2C(CBr)=CC(=O)OC2C1. The summed E-state index contributed by atoms with van der Waals surface area (Å²) in [5.74, 6) is 0.191. The number of fused-ring (bicyclic) bond motifs is 1. The van der Waals surface area contributed by atoms with Crippen molar-refractivity contribution in [1.29, 1.82) is 0 Å². The summed E-state index contributed by atoms with van der Waals surface area (Å²) in [5.41, 5.74) is 1.17. The molecule has 1 heterocycles. The van der Waals surface area contributed by atoms with Gasteiger partial charge in [-0.3, -0.25) is 0 Å². The van der Waals surface area contributed by atoms with Gasteiger partial charge in [0.15, 0.2) is 0 Å². The van der Waals surface area contributed by atoms with E-state index in [4.69, 9.17) is 9.47 Å². The first-order valence-electron chi connectivity index (χ1n) is 5.24. The zero-order valence-electron chi connectivity index (χ0n) is 8.74. The Labute approximate surface area is 97.9 Å². The first kappa shape index (κ1) is 11.1. The Hall–Kier alpha value is -0.350. The van der Waals surface area contributed by atoms with E-state index in [1.165, 1.54) is 5.57 Å². The molecule has 0 amide bonds. The molecule has 3 atom stereocenters. The van der Waals surface area contributed by atoms with Crippen LogP contribution in [0.1, 0.15) is 19.3 Å². The third-order valence-electron chi connectivity index (χ3n) is 3.28. The van der Waals surface area contributed by atoms with E-state index < -0.39 is 0 Å². The van der Waals surface area contributed by atoms with Crippen LogP contribution in [0, 0.1) is 5.92 Å². The van der Waals surface area contributed by atoms with Gasteiger partial charge < -0.3 is 9.47 Å². The summed E-state index contributed by atoms with van der Waals surface area (Å²) in [5, 5.41) is 0.765. The molecule has 84 valence electrons. The number of halogens is 1. The van der Waals surface area contributed by atoms with Gasteiger partial charge in [-0.05, 0) is 18.4 Å². The predicted octanol–water partition coefficient (Wildman–Crippen LogP) is 2.05. The Kier molecular flexibility index (Phi) is 3.46. The van der Waals surface area contributed by atoms with Crippen molar-refractivity contribution in [1.82, 2.24) is 0 Å². The summed E-state index contributed by atoms with van der Waals surface area (Å²) in [6, 6.07) is 0. The molecule has 0 aromatic heterocycles. The van der Waals surface area contributed by atoms with Gasteiger partial charge in [-0.25, -0.2) is 4.79 Å². The highest BCUT2D eigenvalue weighted by atomic mass is 79.9.